The first-order valence-electron chi connectivity index (χ1n) is 5.96. The summed E-state index contributed by atoms with van der Waals surface area (Å²) >= 11 is 3.38. The van der Waals surface area contributed by atoms with E-state index in [1.807, 2.05) is 30.3 Å². The zero-order chi connectivity index (χ0) is 13.0. The van der Waals surface area contributed by atoms with Gasteiger partial charge in [0.2, 0.25) is 0 Å². The number of benzene rings is 2. The van der Waals surface area contributed by atoms with Crippen LogP contribution < -0.4 is 5.32 Å². The zero-order valence-corrected chi connectivity index (χ0v) is 11.8. The van der Waals surface area contributed by atoms with Gasteiger partial charge in [-0.25, -0.2) is 4.39 Å². The molecule has 0 radical (unpaired) electrons. The van der Waals surface area contributed by atoms with Crippen LogP contribution >= 0.6 is 15.9 Å². The Balaban J connectivity index is 2.35. The van der Waals surface area contributed by atoms with Gasteiger partial charge < -0.3 is 5.32 Å². The van der Waals surface area contributed by atoms with E-state index in [2.05, 4.69) is 28.2 Å². The van der Waals surface area contributed by atoms with Crippen molar-refractivity contribution >= 4 is 15.9 Å². The standard InChI is InChI=1S/C15H15BrFN/c1-2-18-10-11-4-3-5-12(8-11)14-9-13(16)6-7-15(14)17/h3-9,18H,2,10H2,1H3. The summed E-state index contributed by atoms with van der Waals surface area (Å²) in [6.45, 7) is 3.80. The molecule has 0 amide bonds. The lowest BCUT2D eigenvalue weighted by Gasteiger charge is -2.07. The van der Waals surface area contributed by atoms with Crippen LogP contribution in [0.2, 0.25) is 0 Å². The van der Waals surface area contributed by atoms with Gasteiger partial charge in [-0.3, -0.25) is 0 Å². The Morgan fingerprint density at radius 3 is 2.78 bits per heavy atom. The Labute approximate surface area is 115 Å². The Hall–Kier alpha value is -1.19. The number of hydrogen-bond donors (Lipinski definition) is 1. The first kappa shape index (κ1) is 13.2. The van der Waals surface area contributed by atoms with Gasteiger partial charge in [0, 0.05) is 16.6 Å². The van der Waals surface area contributed by atoms with Crippen LogP contribution in [-0.2, 0) is 6.54 Å². The van der Waals surface area contributed by atoms with Gasteiger partial charge in [0.15, 0.2) is 0 Å². The molecule has 0 aliphatic rings. The van der Waals surface area contributed by atoms with E-state index < -0.39 is 0 Å². The molecule has 2 aromatic rings. The molecule has 18 heavy (non-hydrogen) atoms. The van der Waals surface area contributed by atoms with E-state index in [1.165, 1.54) is 6.07 Å². The van der Waals surface area contributed by atoms with Gasteiger partial charge in [0.25, 0.3) is 0 Å². The van der Waals surface area contributed by atoms with E-state index in [4.69, 9.17) is 0 Å². The fraction of sp³-hybridized carbons (Fsp3) is 0.200. The molecule has 0 heterocycles. The third-order valence-corrected chi connectivity index (χ3v) is 3.24. The van der Waals surface area contributed by atoms with Crippen LogP contribution in [-0.4, -0.2) is 6.54 Å². The highest BCUT2D eigenvalue weighted by Gasteiger charge is 2.06. The Kier molecular flexibility index (Phi) is 4.50. The van der Waals surface area contributed by atoms with Gasteiger partial charge in [0.1, 0.15) is 5.82 Å². The molecule has 0 aromatic heterocycles. The molecule has 0 aliphatic heterocycles. The van der Waals surface area contributed by atoms with E-state index in [0.717, 1.165) is 28.7 Å². The van der Waals surface area contributed by atoms with Crippen molar-refractivity contribution in [2.24, 2.45) is 0 Å². The maximum absolute atomic E-state index is 13.8. The van der Waals surface area contributed by atoms with Crippen LogP contribution in [0.5, 0.6) is 0 Å². The van der Waals surface area contributed by atoms with Gasteiger partial charge in [-0.05, 0) is 41.9 Å². The number of hydrogen-bond acceptors (Lipinski definition) is 1. The number of halogens is 2. The van der Waals surface area contributed by atoms with Crippen molar-refractivity contribution in [1.29, 1.82) is 0 Å². The predicted molar refractivity (Wildman–Crippen MR) is 76.9 cm³/mol. The second-order valence-corrected chi connectivity index (χ2v) is 5.02. The average Bonchev–Trinajstić information content (AvgIpc) is 2.39. The van der Waals surface area contributed by atoms with Crippen LogP contribution in [0.4, 0.5) is 4.39 Å². The minimum Gasteiger partial charge on any atom is -0.313 e. The molecular weight excluding hydrogens is 293 g/mol. The van der Waals surface area contributed by atoms with Crippen molar-refractivity contribution < 1.29 is 4.39 Å². The smallest absolute Gasteiger partial charge is 0.131 e. The minimum atomic E-state index is -0.196. The van der Waals surface area contributed by atoms with Gasteiger partial charge in [0.05, 0.1) is 0 Å². The molecule has 0 bridgehead atoms. The number of nitrogens with one attached hydrogen (secondary N) is 1. The van der Waals surface area contributed by atoms with Crippen molar-refractivity contribution in [3.63, 3.8) is 0 Å². The SMILES string of the molecule is CCNCc1cccc(-c2cc(Br)ccc2F)c1. The maximum Gasteiger partial charge on any atom is 0.131 e. The third-order valence-electron chi connectivity index (χ3n) is 2.75. The Morgan fingerprint density at radius 1 is 1.17 bits per heavy atom. The lowest BCUT2D eigenvalue weighted by molar-refractivity contribution is 0.631. The second kappa shape index (κ2) is 6.12. The maximum atomic E-state index is 13.8. The van der Waals surface area contributed by atoms with Gasteiger partial charge in [-0.1, -0.05) is 41.1 Å². The molecule has 1 N–H and O–H groups in total. The van der Waals surface area contributed by atoms with Crippen LogP contribution in [0.25, 0.3) is 11.1 Å². The summed E-state index contributed by atoms with van der Waals surface area (Å²) in [6, 6.07) is 13.0. The van der Waals surface area contributed by atoms with Crippen LogP contribution in [0.3, 0.4) is 0 Å². The van der Waals surface area contributed by atoms with Crippen LogP contribution in [0, 0.1) is 5.82 Å². The van der Waals surface area contributed by atoms with Crippen molar-refractivity contribution in [2.75, 3.05) is 6.54 Å². The molecule has 2 aromatic carbocycles. The molecule has 0 atom stereocenters. The molecule has 2 rings (SSSR count). The molecular formula is C15H15BrFN. The second-order valence-electron chi connectivity index (χ2n) is 4.10. The highest BCUT2D eigenvalue weighted by molar-refractivity contribution is 9.10. The van der Waals surface area contributed by atoms with Crippen LogP contribution in [0.15, 0.2) is 46.9 Å². The lowest BCUT2D eigenvalue weighted by Crippen LogP contribution is -2.11. The molecule has 1 nitrogen and oxygen atoms in total. The first-order chi connectivity index (χ1) is 8.70. The van der Waals surface area contributed by atoms with E-state index in [0.29, 0.717) is 5.56 Å². The van der Waals surface area contributed by atoms with Crippen molar-refractivity contribution in [3.05, 3.63) is 58.3 Å². The summed E-state index contributed by atoms with van der Waals surface area (Å²) < 4.78 is 14.7. The molecule has 0 saturated heterocycles. The topological polar surface area (TPSA) is 12.0 Å². The fourth-order valence-electron chi connectivity index (χ4n) is 1.84. The highest BCUT2D eigenvalue weighted by Crippen LogP contribution is 2.26. The molecule has 0 unspecified atom stereocenters. The Morgan fingerprint density at radius 2 is 2.00 bits per heavy atom. The summed E-state index contributed by atoms with van der Waals surface area (Å²) in [5.74, 6) is -0.196. The molecule has 0 aliphatic carbocycles. The number of rotatable bonds is 4. The van der Waals surface area contributed by atoms with Crippen LogP contribution in [0.1, 0.15) is 12.5 Å². The monoisotopic (exact) mass is 307 g/mol. The summed E-state index contributed by atoms with van der Waals surface area (Å²) in [5, 5.41) is 3.27. The molecule has 94 valence electrons. The molecule has 3 heteroatoms. The first-order valence-corrected chi connectivity index (χ1v) is 6.75. The van der Waals surface area contributed by atoms with Gasteiger partial charge in [-0.2, -0.15) is 0 Å². The lowest BCUT2D eigenvalue weighted by atomic mass is 10.0. The quantitative estimate of drug-likeness (QED) is 0.884. The average molecular weight is 308 g/mol. The van der Waals surface area contributed by atoms with E-state index in [-0.39, 0.29) is 5.82 Å². The van der Waals surface area contributed by atoms with Gasteiger partial charge in [-0.15, -0.1) is 0 Å². The van der Waals surface area contributed by atoms with E-state index in [1.54, 1.807) is 6.07 Å². The molecule has 0 spiro atoms. The molecule has 0 fully saturated rings. The highest BCUT2D eigenvalue weighted by atomic mass is 79.9. The summed E-state index contributed by atoms with van der Waals surface area (Å²) in [7, 11) is 0. The fourth-order valence-corrected chi connectivity index (χ4v) is 2.20. The molecule has 0 saturated carbocycles. The normalized spacial score (nSPS) is 10.6. The zero-order valence-electron chi connectivity index (χ0n) is 10.2. The summed E-state index contributed by atoms with van der Waals surface area (Å²) in [4.78, 5) is 0. The largest absolute Gasteiger partial charge is 0.313 e. The Bertz CT molecular complexity index is 540. The van der Waals surface area contributed by atoms with Crippen molar-refractivity contribution in [3.8, 4) is 11.1 Å². The predicted octanol–water partition coefficient (Wildman–Crippen LogP) is 4.36. The minimum absolute atomic E-state index is 0.196. The van der Waals surface area contributed by atoms with Crippen molar-refractivity contribution in [1.82, 2.24) is 5.32 Å². The summed E-state index contributed by atoms with van der Waals surface area (Å²) in [5.41, 5.74) is 2.70. The van der Waals surface area contributed by atoms with Gasteiger partial charge >= 0.3 is 0 Å². The van der Waals surface area contributed by atoms with E-state index >= 15 is 0 Å². The summed E-state index contributed by atoms with van der Waals surface area (Å²) in [6.07, 6.45) is 0. The third kappa shape index (κ3) is 3.18. The van der Waals surface area contributed by atoms with E-state index in [9.17, 15) is 4.39 Å². The van der Waals surface area contributed by atoms with Crippen molar-refractivity contribution in [2.45, 2.75) is 13.5 Å².